The molecule has 0 saturated heterocycles. The second-order valence-electron chi connectivity index (χ2n) is 5.39. The zero-order valence-electron chi connectivity index (χ0n) is 12.9. The van der Waals surface area contributed by atoms with Crippen molar-refractivity contribution in [3.05, 3.63) is 69.0 Å². The Morgan fingerprint density at radius 3 is 2.92 bits per heavy atom. The first-order valence-electron chi connectivity index (χ1n) is 7.48. The van der Waals surface area contributed by atoms with Crippen molar-refractivity contribution in [2.75, 3.05) is 6.61 Å². The standard InChI is InChI=1S/C18H12N2O4S/c21-16(22)10-24-12-5-3-4-11(8-12)9-15-17(23)20-14-7-2-1-6-13(14)19-18(20)25-15/h1-9H,10H2,(H,21,22). The molecule has 6 nitrogen and oxygen atoms in total. The van der Waals surface area contributed by atoms with Gasteiger partial charge in [0.25, 0.3) is 5.56 Å². The molecule has 4 rings (SSSR count). The van der Waals surface area contributed by atoms with E-state index < -0.39 is 12.6 Å². The van der Waals surface area contributed by atoms with Gasteiger partial charge in [0.2, 0.25) is 0 Å². The van der Waals surface area contributed by atoms with E-state index in [2.05, 4.69) is 4.98 Å². The summed E-state index contributed by atoms with van der Waals surface area (Å²) >= 11 is 1.32. The Labute approximate surface area is 145 Å². The van der Waals surface area contributed by atoms with E-state index in [-0.39, 0.29) is 5.56 Å². The summed E-state index contributed by atoms with van der Waals surface area (Å²) in [5.74, 6) is -0.599. The van der Waals surface area contributed by atoms with Crippen molar-refractivity contribution in [1.82, 2.24) is 9.38 Å². The molecule has 2 aromatic carbocycles. The van der Waals surface area contributed by atoms with Gasteiger partial charge in [0.15, 0.2) is 11.6 Å². The fraction of sp³-hybridized carbons (Fsp3) is 0.0556. The summed E-state index contributed by atoms with van der Waals surface area (Å²) in [6.45, 7) is -0.408. The average molecular weight is 352 g/mol. The van der Waals surface area contributed by atoms with Gasteiger partial charge in [-0.15, -0.1) is 0 Å². The first kappa shape index (κ1) is 15.3. The normalized spacial score (nSPS) is 12.1. The molecule has 2 heterocycles. The Morgan fingerprint density at radius 1 is 1.24 bits per heavy atom. The summed E-state index contributed by atoms with van der Waals surface area (Å²) in [6, 6.07) is 14.5. The van der Waals surface area contributed by atoms with Gasteiger partial charge in [0.05, 0.1) is 15.6 Å². The predicted molar refractivity (Wildman–Crippen MR) is 95.2 cm³/mol. The fourth-order valence-corrected chi connectivity index (χ4v) is 3.59. The second-order valence-corrected chi connectivity index (χ2v) is 6.40. The van der Waals surface area contributed by atoms with Crippen LogP contribution < -0.4 is 14.8 Å². The lowest BCUT2D eigenvalue weighted by atomic mass is 10.2. The summed E-state index contributed by atoms with van der Waals surface area (Å²) in [5.41, 5.74) is 2.22. The van der Waals surface area contributed by atoms with Gasteiger partial charge in [0, 0.05) is 0 Å². The van der Waals surface area contributed by atoms with Gasteiger partial charge >= 0.3 is 5.97 Å². The number of ether oxygens (including phenoxy) is 1. The molecule has 0 unspecified atom stereocenters. The van der Waals surface area contributed by atoms with Crippen LogP contribution in [0.25, 0.3) is 22.1 Å². The monoisotopic (exact) mass is 352 g/mol. The molecule has 1 N–H and O–H groups in total. The zero-order valence-corrected chi connectivity index (χ0v) is 13.7. The highest BCUT2D eigenvalue weighted by molar-refractivity contribution is 7.15. The molecule has 4 aromatic rings. The number of hydrogen-bond acceptors (Lipinski definition) is 5. The number of aliphatic carboxylic acids is 1. The highest BCUT2D eigenvalue weighted by Gasteiger charge is 2.10. The molecule has 0 aliphatic rings. The number of aromatic nitrogens is 2. The highest BCUT2D eigenvalue weighted by atomic mass is 32.1. The van der Waals surface area contributed by atoms with Gasteiger partial charge < -0.3 is 9.84 Å². The SMILES string of the molecule is O=C(O)COc1cccc(C=c2sc3nc4ccccc4n3c2=O)c1. The van der Waals surface area contributed by atoms with E-state index in [9.17, 15) is 9.59 Å². The van der Waals surface area contributed by atoms with Gasteiger partial charge in [-0.05, 0) is 35.9 Å². The van der Waals surface area contributed by atoms with Crippen LogP contribution in [0.1, 0.15) is 5.56 Å². The number of thiazole rings is 1. The molecule has 0 saturated carbocycles. The van der Waals surface area contributed by atoms with E-state index in [4.69, 9.17) is 9.84 Å². The molecule has 0 aliphatic carbocycles. The Bertz CT molecular complexity index is 1210. The van der Waals surface area contributed by atoms with Crippen LogP contribution in [-0.2, 0) is 4.79 Å². The summed E-state index contributed by atoms with van der Waals surface area (Å²) in [4.78, 5) is 28.4. The molecule has 0 spiro atoms. The van der Waals surface area contributed by atoms with Gasteiger partial charge in [-0.3, -0.25) is 4.79 Å². The number of imidazole rings is 1. The summed E-state index contributed by atoms with van der Waals surface area (Å²) < 4.78 is 7.33. The Kier molecular flexibility index (Phi) is 3.70. The van der Waals surface area contributed by atoms with Crippen molar-refractivity contribution in [3.8, 4) is 5.75 Å². The van der Waals surface area contributed by atoms with E-state index in [1.807, 2.05) is 30.3 Å². The van der Waals surface area contributed by atoms with Gasteiger partial charge in [-0.1, -0.05) is 35.6 Å². The molecular formula is C18H12N2O4S. The number of para-hydroxylation sites is 2. The topological polar surface area (TPSA) is 80.9 Å². The third-order valence-electron chi connectivity index (χ3n) is 3.66. The molecule has 124 valence electrons. The minimum atomic E-state index is -1.04. The number of carboxylic acids is 1. The number of fused-ring (bicyclic) bond motifs is 3. The van der Waals surface area contributed by atoms with Crippen molar-refractivity contribution >= 4 is 39.4 Å². The smallest absolute Gasteiger partial charge is 0.341 e. The van der Waals surface area contributed by atoms with Crippen LogP contribution in [0, 0.1) is 0 Å². The molecule has 0 fully saturated rings. The number of carboxylic acid groups (broad SMARTS) is 1. The van der Waals surface area contributed by atoms with Gasteiger partial charge in [-0.25, -0.2) is 14.2 Å². The molecule has 0 amide bonds. The summed E-state index contributed by atoms with van der Waals surface area (Å²) in [5, 5.41) is 8.68. The molecule has 25 heavy (non-hydrogen) atoms. The molecular weight excluding hydrogens is 340 g/mol. The van der Waals surface area contributed by atoms with Crippen LogP contribution in [0.5, 0.6) is 5.75 Å². The highest BCUT2D eigenvalue weighted by Crippen LogP contribution is 2.17. The van der Waals surface area contributed by atoms with Crippen LogP contribution in [0.3, 0.4) is 0 Å². The first-order chi connectivity index (χ1) is 12.1. The lowest BCUT2D eigenvalue weighted by Crippen LogP contribution is -2.22. The molecule has 0 bridgehead atoms. The zero-order chi connectivity index (χ0) is 17.4. The van der Waals surface area contributed by atoms with Gasteiger partial charge in [0.1, 0.15) is 5.75 Å². The minimum Gasteiger partial charge on any atom is -0.482 e. The molecule has 0 radical (unpaired) electrons. The number of hydrogen-bond donors (Lipinski definition) is 1. The fourth-order valence-electron chi connectivity index (χ4n) is 2.60. The lowest BCUT2D eigenvalue weighted by Gasteiger charge is -2.03. The Balaban J connectivity index is 1.79. The van der Waals surface area contributed by atoms with Crippen LogP contribution in [0.15, 0.2) is 53.3 Å². The number of nitrogens with zero attached hydrogens (tertiary/aromatic N) is 2. The van der Waals surface area contributed by atoms with E-state index in [1.54, 1.807) is 28.7 Å². The van der Waals surface area contributed by atoms with E-state index >= 15 is 0 Å². The summed E-state index contributed by atoms with van der Waals surface area (Å²) in [7, 11) is 0. The van der Waals surface area contributed by atoms with Crippen molar-refractivity contribution < 1.29 is 14.6 Å². The van der Waals surface area contributed by atoms with Crippen molar-refractivity contribution in [2.24, 2.45) is 0 Å². The number of carbonyl (C=O) groups is 1. The minimum absolute atomic E-state index is 0.120. The van der Waals surface area contributed by atoms with Crippen LogP contribution >= 0.6 is 11.3 Å². The average Bonchev–Trinajstić information content (AvgIpc) is 3.10. The van der Waals surface area contributed by atoms with Crippen LogP contribution in [0.4, 0.5) is 0 Å². The maximum absolute atomic E-state index is 12.7. The predicted octanol–water partition coefficient (Wildman–Crippen LogP) is 1.92. The third kappa shape index (κ3) is 2.85. The Morgan fingerprint density at radius 2 is 2.08 bits per heavy atom. The number of benzene rings is 2. The summed E-state index contributed by atoms with van der Waals surface area (Å²) in [6.07, 6.45) is 1.75. The van der Waals surface area contributed by atoms with Crippen molar-refractivity contribution in [3.63, 3.8) is 0 Å². The molecule has 0 aliphatic heterocycles. The molecule has 2 aromatic heterocycles. The second kappa shape index (κ2) is 6.03. The van der Waals surface area contributed by atoms with E-state index in [1.165, 1.54) is 11.3 Å². The van der Waals surface area contributed by atoms with Crippen LogP contribution in [0.2, 0.25) is 0 Å². The third-order valence-corrected chi connectivity index (χ3v) is 4.63. The van der Waals surface area contributed by atoms with Gasteiger partial charge in [-0.2, -0.15) is 0 Å². The van der Waals surface area contributed by atoms with E-state index in [0.717, 1.165) is 16.6 Å². The molecule has 0 atom stereocenters. The molecule has 7 heteroatoms. The lowest BCUT2D eigenvalue weighted by molar-refractivity contribution is -0.139. The van der Waals surface area contributed by atoms with Crippen LogP contribution in [-0.4, -0.2) is 27.1 Å². The maximum atomic E-state index is 12.7. The quantitative estimate of drug-likeness (QED) is 0.607. The first-order valence-corrected chi connectivity index (χ1v) is 8.30. The van der Waals surface area contributed by atoms with Crippen molar-refractivity contribution in [2.45, 2.75) is 0 Å². The maximum Gasteiger partial charge on any atom is 0.341 e. The van der Waals surface area contributed by atoms with Crippen molar-refractivity contribution in [1.29, 1.82) is 0 Å². The Hall–Kier alpha value is -3.19. The van der Waals surface area contributed by atoms with E-state index in [0.29, 0.717) is 15.2 Å². The largest absolute Gasteiger partial charge is 0.482 e. The number of rotatable bonds is 4.